The predicted octanol–water partition coefficient (Wildman–Crippen LogP) is 5.25. The molecule has 1 amide bonds. The van der Waals surface area contributed by atoms with E-state index in [1.807, 2.05) is 30.5 Å². The molecule has 27 heavy (non-hydrogen) atoms. The number of aromatic nitrogens is 1. The van der Waals surface area contributed by atoms with Crippen molar-refractivity contribution >= 4 is 40.4 Å². The molecule has 4 nitrogen and oxygen atoms in total. The molecule has 0 N–H and O–H groups in total. The van der Waals surface area contributed by atoms with Crippen LogP contribution in [-0.2, 0) is 16.0 Å². The van der Waals surface area contributed by atoms with Gasteiger partial charge in [-0.1, -0.05) is 37.3 Å². The lowest BCUT2D eigenvalue weighted by Gasteiger charge is -2.26. The summed E-state index contributed by atoms with van der Waals surface area (Å²) >= 11 is 13.4. The van der Waals surface area contributed by atoms with E-state index in [4.69, 9.17) is 27.9 Å². The fourth-order valence-electron chi connectivity index (χ4n) is 2.63. The molecule has 0 aliphatic heterocycles. The fraction of sp³-hybridized carbons (Fsp3) is 0.400. The van der Waals surface area contributed by atoms with Gasteiger partial charge >= 0.3 is 0 Å². The number of thiazole rings is 1. The van der Waals surface area contributed by atoms with Crippen LogP contribution in [0.4, 0.5) is 0 Å². The minimum atomic E-state index is -0.516. The van der Waals surface area contributed by atoms with Gasteiger partial charge in [0.05, 0.1) is 13.2 Å². The Bertz CT molecular complexity index is 736. The van der Waals surface area contributed by atoms with Gasteiger partial charge in [0.2, 0.25) is 5.91 Å². The highest BCUT2D eigenvalue weighted by molar-refractivity contribution is 7.09. The minimum absolute atomic E-state index is 0.0169. The molecule has 1 heterocycles. The van der Waals surface area contributed by atoms with Crippen molar-refractivity contribution in [3.05, 3.63) is 64.3 Å². The number of allylic oxidation sites excluding steroid dienone is 1. The molecule has 146 valence electrons. The molecule has 0 saturated carbocycles. The highest BCUT2D eigenvalue weighted by Gasteiger charge is 2.24. The Labute approximate surface area is 174 Å². The number of carbonyl (C=O) groups is 1. The monoisotopic (exact) mass is 426 g/mol. The normalized spacial score (nSPS) is 14.1. The highest BCUT2D eigenvalue weighted by Crippen LogP contribution is 2.27. The first-order valence-corrected chi connectivity index (χ1v) is 10.4. The largest absolute Gasteiger partial charge is 0.501 e. The number of alkyl halides is 2. The van der Waals surface area contributed by atoms with E-state index >= 15 is 0 Å². The second-order valence-electron chi connectivity index (χ2n) is 6.36. The zero-order chi connectivity index (χ0) is 19.8. The first-order chi connectivity index (χ1) is 12.9. The first-order valence-electron chi connectivity index (χ1n) is 8.65. The number of halogens is 2. The first kappa shape index (κ1) is 21.7. The topological polar surface area (TPSA) is 42.4 Å². The Morgan fingerprint density at radius 2 is 2.04 bits per heavy atom. The Balaban J connectivity index is 2.19. The van der Waals surface area contributed by atoms with Crippen LogP contribution < -0.4 is 0 Å². The SMILES string of the molecule is COC(=CC(=O)N(C)C(Cc1ccccc1)c1nccs1)CC(C)C(Cl)Cl. The van der Waals surface area contributed by atoms with Crippen molar-refractivity contribution in [3.8, 4) is 0 Å². The molecular formula is C20H24Cl2N2O2S. The molecule has 0 spiro atoms. The summed E-state index contributed by atoms with van der Waals surface area (Å²) < 4.78 is 5.36. The van der Waals surface area contributed by atoms with Gasteiger partial charge in [-0.15, -0.1) is 34.5 Å². The average molecular weight is 427 g/mol. The number of amides is 1. The zero-order valence-corrected chi connectivity index (χ0v) is 18.0. The van der Waals surface area contributed by atoms with Crippen LogP contribution in [0.25, 0.3) is 0 Å². The third-order valence-electron chi connectivity index (χ3n) is 4.32. The molecule has 0 aliphatic carbocycles. The number of rotatable bonds is 9. The minimum Gasteiger partial charge on any atom is -0.501 e. The van der Waals surface area contributed by atoms with E-state index in [9.17, 15) is 4.79 Å². The van der Waals surface area contributed by atoms with E-state index in [1.165, 1.54) is 6.08 Å². The van der Waals surface area contributed by atoms with Crippen molar-refractivity contribution in [2.24, 2.45) is 5.92 Å². The van der Waals surface area contributed by atoms with E-state index < -0.39 is 4.84 Å². The van der Waals surface area contributed by atoms with Crippen molar-refractivity contribution in [1.29, 1.82) is 0 Å². The quantitative estimate of drug-likeness (QED) is 0.312. The van der Waals surface area contributed by atoms with Gasteiger partial charge in [0.25, 0.3) is 0 Å². The van der Waals surface area contributed by atoms with Crippen molar-refractivity contribution in [3.63, 3.8) is 0 Å². The third kappa shape index (κ3) is 6.52. The summed E-state index contributed by atoms with van der Waals surface area (Å²) in [5.41, 5.74) is 1.15. The molecule has 2 rings (SSSR count). The van der Waals surface area contributed by atoms with Crippen LogP contribution in [0.2, 0.25) is 0 Å². The summed E-state index contributed by atoms with van der Waals surface area (Å²) in [5.74, 6) is 0.399. The molecule has 0 saturated heterocycles. The molecule has 0 bridgehead atoms. The molecule has 7 heteroatoms. The van der Waals surface area contributed by atoms with Gasteiger partial charge in [-0.3, -0.25) is 4.79 Å². The Morgan fingerprint density at radius 1 is 1.33 bits per heavy atom. The van der Waals surface area contributed by atoms with Gasteiger partial charge in [0, 0.05) is 31.1 Å². The molecule has 2 unspecified atom stereocenters. The van der Waals surface area contributed by atoms with E-state index in [1.54, 1.807) is 36.6 Å². The molecule has 1 aromatic heterocycles. The van der Waals surface area contributed by atoms with Gasteiger partial charge in [-0.05, 0) is 17.9 Å². The number of methoxy groups -OCH3 is 1. The van der Waals surface area contributed by atoms with Gasteiger partial charge in [0.1, 0.15) is 15.6 Å². The van der Waals surface area contributed by atoms with Crippen molar-refractivity contribution in [1.82, 2.24) is 9.88 Å². The maximum Gasteiger partial charge on any atom is 0.250 e. The van der Waals surface area contributed by atoms with Crippen LogP contribution in [0.1, 0.15) is 30.0 Å². The lowest BCUT2D eigenvalue weighted by Crippen LogP contribution is -2.31. The maximum atomic E-state index is 12.9. The fourth-order valence-corrected chi connectivity index (χ4v) is 3.59. The zero-order valence-electron chi connectivity index (χ0n) is 15.6. The molecule has 2 aromatic rings. The van der Waals surface area contributed by atoms with Gasteiger partial charge < -0.3 is 9.64 Å². The van der Waals surface area contributed by atoms with E-state index in [0.29, 0.717) is 18.6 Å². The summed E-state index contributed by atoms with van der Waals surface area (Å²) in [4.78, 5) is 18.5. The molecule has 0 aliphatic rings. The number of carbonyl (C=O) groups excluding carboxylic acids is 1. The number of ether oxygens (including phenoxy) is 1. The lowest BCUT2D eigenvalue weighted by molar-refractivity contribution is -0.127. The van der Waals surface area contributed by atoms with E-state index in [2.05, 4.69) is 17.1 Å². The summed E-state index contributed by atoms with van der Waals surface area (Å²) in [5, 5.41) is 2.82. The second-order valence-corrected chi connectivity index (χ2v) is 8.45. The summed E-state index contributed by atoms with van der Waals surface area (Å²) in [6.45, 7) is 1.92. The third-order valence-corrected chi connectivity index (χ3v) is 6.06. The van der Waals surface area contributed by atoms with Crippen LogP contribution in [0.5, 0.6) is 0 Å². The number of hydrogen-bond acceptors (Lipinski definition) is 4. The van der Waals surface area contributed by atoms with Crippen LogP contribution in [-0.4, -0.2) is 34.8 Å². The Morgan fingerprint density at radius 3 is 2.59 bits per heavy atom. The van der Waals surface area contributed by atoms with Crippen LogP contribution >= 0.6 is 34.5 Å². The molecule has 1 aromatic carbocycles. The lowest BCUT2D eigenvalue weighted by atomic mass is 10.0. The second kappa shape index (κ2) is 10.7. The Kier molecular flexibility index (Phi) is 8.61. The molecule has 0 radical (unpaired) electrons. The van der Waals surface area contributed by atoms with Gasteiger partial charge in [-0.2, -0.15) is 0 Å². The predicted molar refractivity (Wildman–Crippen MR) is 112 cm³/mol. The smallest absolute Gasteiger partial charge is 0.250 e. The number of nitrogens with zero attached hydrogens (tertiary/aromatic N) is 2. The summed E-state index contributed by atoms with van der Waals surface area (Å²) in [6.07, 6.45) is 4.46. The van der Waals surface area contributed by atoms with E-state index in [0.717, 1.165) is 10.6 Å². The highest BCUT2D eigenvalue weighted by atomic mass is 35.5. The van der Waals surface area contributed by atoms with Crippen LogP contribution in [0.3, 0.4) is 0 Å². The molecule has 0 fully saturated rings. The van der Waals surface area contributed by atoms with Crippen molar-refractivity contribution in [2.75, 3.05) is 14.2 Å². The summed E-state index contributed by atoms with van der Waals surface area (Å²) in [6, 6.07) is 9.92. The summed E-state index contributed by atoms with van der Waals surface area (Å²) in [7, 11) is 3.34. The molecular weight excluding hydrogens is 403 g/mol. The standard InChI is InChI=1S/C20H24Cl2N2O2S/c1-14(19(21)22)11-16(26-3)13-18(25)24(2)17(20-23-9-10-27-20)12-15-7-5-4-6-8-15/h4-10,13-14,17,19H,11-12H2,1-3H3. The number of hydrogen-bond donors (Lipinski definition) is 0. The van der Waals surface area contributed by atoms with Gasteiger partial charge in [0.15, 0.2) is 0 Å². The average Bonchev–Trinajstić information content (AvgIpc) is 3.20. The van der Waals surface area contributed by atoms with Crippen LogP contribution in [0.15, 0.2) is 53.7 Å². The maximum absolute atomic E-state index is 12.9. The van der Waals surface area contributed by atoms with Gasteiger partial charge in [-0.25, -0.2) is 4.98 Å². The van der Waals surface area contributed by atoms with Crippen molar-refractivity contribution in [2.45, 2.75) is 30.6 Å². The van der Waals surface area contributed by atoms with Crippen LogP contribution in [0, 0.1) is 5.92 Å². The Hall–Kier alpha value is -1.56. The molecule has 2 atom stereocenters. The number of benzene rings is 1. The number of likely N-dealkylation sites (N-methyl/N-ethyl adjacent to an activating group) is 1. The van der Waals surface area contributed by atoms with Crippen molar-refractivity contribution < 1.29 is 9.53 Å². The van der Waals surface area contributed by atoms with E-state index in [-0.39, 0.29) is 17.9 Å².